The van der Waals surface area contributed by atoms with Gasteiger partial charge in [-0.2, -0.15) is 0 Å². The molecule has 1 N–H and O–H groups in total. The number of halogens is 1. The lowest BCUT2D eigenvalue weighted by molar-refractivity contribution is 0.281. The van der Waals surface area contributed by atoms with E-state index in [2.05, 4.69) is 32.4 Å². The molecule has 1 fully saturated rings. The maximum absolute atomic E-state index is 14.0. The molecule has 1 aliphatic carbocycles. The van der Waals surface area contributed by atoms with Crippen molar-refractivity contribution in [3.63, 3.8) is 0 Å². The molecular formula is C19H30FNOS. The zero-order chi connectivity index (χ0) is 16.9. The lowest BCUT2D eigenvalue weighted by Crippen LogP contribution is -2.28. The van der Waals surface area contributed by atoms with Crippen molar-refractivity contribution < 1.29 is 9.13 Å². The van der Waals surface area contributed by atoms with Crippen LogP contribution in [0.25, 0.3) is 0 Å². The molecule has 130 valence electrons. The van der Waals surface area contributed by atoms with Gasteiger partial charge in [-0.05, 0) is 48.3 Å². The quantitative estimate of drug-likeness (QED) is 0.458. The van der Waals surface area contributed by atoms with Crippen LogP contribution in [0.5, 0.6) is 5.75 Å². The van der Waals surface area contributed by atoms with Gasteiger partial charge in [0.15, 0.2) is 11.6 Å². The highest BCUT2D eigenvalue weighted by atomic mass is 32.2. The van der Waals surface area contributed by atoms with Crippen molar-refractivity contribution in [3.8, 4) is 5.75 Å². The topological polar surface area (TPSA) is 21.3 Å². The first-order valence-corrected chi connectivity index (χ1v) is 9.70. The molecule has 0 spiro atoms. The van der Waals surface area contributed by atoms with Crippen LogP contribution in [0.1, 0.15) is 65.0 Å². The normalized spacial score (nSPS) is 16.4. The largest absolute Gasteiger partial charge is 0.490 e. The molecule has 0 amide bonds. The first kappa shape index (κ1) is 18.6. The van der Waals surface area contributed by atoms with Gasteiger partial charge in [0.05, 0.1) is 6.61 Å². The highest BCUT2D eigenvalue weighted by molar-refractivity contribution is 7.97. The minimum absolute atomic E-state index is 0.0464. The fourth-order valence-electron chi connectivity index (χ4n) is 2.41. The molecule has 1 atom stereocenters. The molecule has 1 aliphatic rings. The highest BCUT2D eigenvalue weighted by Gasteiger charge is 2.27. The Balaban J connectivity index is 2.08. The van der Waals surface area contributed by atoms with E-state index >= 15 is 0 Å². The van der Waals surface area contributed by atoms with Crippen LogP contribution in [-0.2, 0) is 0 Å². The van der Waals surface area contributed by atoms with E-state index in [9.17, 15) is 4.39 Å². The van der Waals surface area contributed by atoms with Crippen LogP contribution in [0.4, 0.5) is 4.39 Å². The highest BCUT2D eigenvalue weighted by Crippen LogP contribution is 2.37. The van der Waals surface area contributed by atoms with E-state index in [-0.39, 0.29) is 17.3 Å². The lowest BCUT2D eigenvalue weighted by atomic mass is 9.83. The van der Waals surface area contributed by atoms with Gasteiger partial charge in [0.25, 0.3) is 0 Å². The summed E-state index contributed by atoms with van der Waals surface area (Å²) in [5.74, 6) is 1.85. The number of hydrogen-bond acceptors (Lipinski definition) is 3. The first-order valence-electron chi connectivity index (χ1n) is 8.71. The molecule has 23 heavy (non-hydrogen) atoms. The molecule has 4 heteroatoms. The Morgan fingerprint density at radius 3 is 2.70 bits per heavy atom. The van der Waals surface area contributed by atoms with Crippen LogP contribution >= 0.6 is 11.9 Å². The minimum atomic E-state index is -0.263. The number of nitrogens with one attached hydrogen (secondary N) is 1. The van der Waals surface area contributed by atoms with Crippen LogP contribution in [0.3, 0.4) is 0 Å². The van der Waals surface area contributed by atoms with Crippen molar-refractivity contribution in [1.29, 1.82) is 0 Å². The molecule has 1 aromatic carbocycles. The van der Waals surface area contributed by atoms with Gasteiger partial charge in [0, 0.05) is 11.8 Å². The Hall–Kier alpha value is -0.740. The van der Waals surface area contributed by atoms with Crippen LogP contribution < -0.4 is 9.46 Å². The summed E-state index contributed by atoms with van der Waals surface area (Å²) in [6.45, 7) is 9.46. The standard InChI is InChI=1S/C19H30FNOS/c1-5-6-11-23-21-18(19(2,3)4)15-9-10-16(20)17(12-15)22-13-14-7-8-14/h9-10,12,14,18,21H,5-8,11,13H2,1-4H3. The van der Waals surface area contributed by atoms with E-state index in [1.807, 2.05) is 12.1 Å². The predicted octanol–water partition coefficient (Wildman–Crippen LogP) is 5.74. The van der Waals surface area contributed by atoms with E-state index in [1.54, 1.807) is 11.9 Å². The van der Waals surface area contributed by atoms with Crippen molar-refractivity contribution in [2.24, 2.45) is 11.3 Å². The number of rotatable bonds is 9. The molecule has 0 bridgehead atoms. The average molecular weight is 340 g/mol. The Morgan fingerprint density at radius 1 is 1.35 bits per heavy atom. The van der Waals surface area contributed by atoms with E-state index in [1.165, 1.54) is 31.7 Å². The van der Waals surface area contributed by atoms with Gasteiger partial charge in [0.1, 0.15) is 0 Å². The van der Waals surface area contributed by atoms with Crippen LogP contribution in [0.15, 0.2) is 18.2 Å². The van der Waals surface area contributed by atoms with E-state index in [0.29, 0.717) is 18.3 Å². The van der Waals surface area contributed by atoms with Gasteiger partial charge in [-0.3, -0.25) is 4.72 Å². The van der Waals surface area contributed by atoms with Crippen molar-refractivity contribution in [1.82, 2.24) is 4.72 Å². The zero-order valence-electron chi connectivity index (χ0n) is 14.8. The summed E-state index contributed by atoms with van der Waals surface area (Å²) in [5, 5.41) is 0. The van der Waals surface area contributed by atoms with E-state index in [4.69, 9.17) is 4.74 Å². The lowest BCUT2D eigenvalue weighted by Gasteiger charge is -2.32. The summed E-state index contributed by atoms with van der Waals surface area (Å²) in [7, 11) is 0. The molecule has 1 unspecified atom stereocenters. The SMILES string of the molecule is CCCCSNC(c1ccc(F)c(OCC2CC2)c1)C(C)(C)C. The van der Waals surface area contributed by atoms with Gasteiger partial charge >= 0.3 is 0 Å². The van der Waals surface area contributed by atoms with Gasteiger partial charge in [-0.25, -0.2) is 4.39 Å². The second kappa shape index (κ2) is 8.39. The average Bonchev–Trinajstić information content (AvgIpc) is 3.30. The van der Waals surface area contributed by atoms with Crippen LogP contribution in [0, 0.1) is 17.2 Å². The molecular weight excluding hydrogens is 309 g/mol. The number of benzene rings is 1. The summed E-state index contributed by atoms with van der Waals surface area (Å²) < 4.78 is 23.3. The summed E-state index contributed by atoms with van der Waals surface area (Å²) in [4.78, 5) is 0. The van der Waals surface area contributed by atoms with Crippen molar-refractivity contribution in [2.75, 3.05) is 12.4 Å². The first-order chi connectivity index (χ1) is 10.9. The molecule has 0 heterocycles. The minimum Gasteiger partial charge on any atom is -0.490 e. The van der Waals surface area contributed by atoms with E-state index < -0.39 is 0 Å². The predicted molar refractivity (Wildman–Crippen MR) is 97.3 cm³/mol. The van der Waals surface area contributed by atoms with Crippen molar-refractivity contribution in [3.05, 3.63) is 29.6 Å². The number of hydrogen-bond donors (Lipinski definition) is 1. The second-order valence-electron chi connectivity index (χ2n) is 7.56. The molecule has 2 nitrogen and oxygen atoms in total. The van der Waals surface area contributed by atoms with Gasteiger partial charge in [-0.1, -0.05) is 52.1 Å². The molecule has 1 saturated carbocycles. The van der Waals surface area contributed by atoms with Gasteiger partial charge < -0.3 is 4.74 Å². The van der Waals surface area contributed by atoms with Crippen LogP contribution in [-0.4, -0.2) is 12.4 Å². The summed E-state index contributed by atoms with van der Waals surface area (Å²) in [6, 6.07) is 5.45. The molecule has 0 saturated heterocycles. The fourth-order valence-corrected chi connectivity index (χ4v) is 3.61. The third kappa shape index (κ3) is 6.00. The monoisotopic (exact) mass is 339 g/mol. The molecule has 0 aliphatic heterocycles. The van der Waals surface area contributed by atoms with Gasteiger partial charge in [-0.15, -0.1) is 0 Å². The maximum atomic E-state index is 14.0. The summed E-state index contributed by atoms with van der Waals surface area (Å²) >= 11 is 1.76. The molecule has 1 aromatic rings. The van der Waals surface area contributed by atoms with Gasteiger partial charge in [0.2, 0.25) is 0 Å². The third-order valence-corrected chi connectivity index (χ3v) is 5.02. The molecule has 2 rings (SSSR count). The van der Waals surface area contributed by atoms with Crippen LogP contribution in [0.2, 0.25) is 0 Å². The fraction of sp³-hybridized carbons (Fsp3) is 0.684. The summed E-state index contributed by atoms with van der Waals surface area (Å²) in [6.07, 6.45) is 4.82. The number of unbranched alkanes of at least 4 members (excludes halogenated alkanes) is 1. The Morgan fingerprint density at radius 2 is 2.09 bits per heavy atom. The second-order valence-corrected chi connectivity index (χ2v) is 8.50. The zero-order valence-corrected chi connectivity index (χ0v) is 15.6. The number of ether oxygens (including phenoxy) is 1. The Labute approximate surface area is 144 Å². The molecule has 0 radical (unpaired) electrons. The Kier molecular flexibility index (Phi) is 6.78. The van der Waals surface area contributed by atoms with Crippen molar-refractivity contribution in [2.45, 2.75) is 59.4 Å². The van der Waals surface area contributed by atoms with Crippen molar-refractivity contribution >= 4 is 11.9 Å². The third-order valence-electron chi connectivity index (χ3n) is 4.13. The van der Waals surface area contributed by atoms with E-state index in [0.717, 1.165) is 11.3 Å². The summed E-state index contributed by atoms with van der Waals surface area (Å²) in [5.41, 5.74) is 1.14. The molecule has 0 aromatic heterocycles. The Bertz CT molecular complexity index is 497. The smallest absolute Gasteiger partial charge is 0.165 e. The maximum Gasteiger partial charge on any atom is 0.165 e.